The van der Waals surface area contributed by atoms with Gasteiger partial charge in [-0.05, 0) is 35.9 Å². The normalized spacial score (nSPS) is 9.90. The van der Waals surface area contributed by atoms with Crippen molar-refractivity contribution in [3.8, 4) is 5.88 Å². The van der Waals surface area contributed by atoms with Gasteiger partial charge in [0.1, 0.15) is 5.82 Å². The van der Waals surface area contributed by atoms with Crippen LogP contribution in [0.5, 0.6) is 5.88 Å². The fraction of sp³-hybridized carbons (Fsp3) is 0.143. The monoisotopic (exact) mass is 275 g/mol. The average molecular weight is 275 g/mol. The molecule has 20 heavy (non-hydrogen) atoms. The van der Waals surface area contributed by atoms with E-state index in [4.69, 9.17) is 4.74 Å². The molecule has 0 aliphatic rings. The molecule has 6 heteroatoms. The third-order valence-electron chi connectivity index (χ3n) is 2.56. The van der Waals surface area contributed by atoms with E-state index in [2.05, 4.69) is 15.6 Å². The predicted molar refractivity (Wildman–Crippen MR) is 73.0 cm³/mol. The molecule has 104 valence electrons. The highest BCUT2D eigenvalue weighted by molar-refractivity contribution is 5.89. The smallest absolute Gasteiger partial charge is 0.319 e. The first-order valence-corrected chi connectivity index (χ1v) is 5.97. The number of benzene rings is 1. The van der Waals surface area contributed by atoms with E-state index < -0.39 is 0 Å². The maximum absolute atomic E-state index is 12.7. The van der Waals surface area contributed by atoms with E-state index in [1.165, 1.54) is 31.4 Å². The number of anilines is 1. The van der Waals surface area contributed by atoms with Gasteiger partial charge in [-0.25, -0.2) is 14.2 Å². The van der Waals surface area contributed by atoms with Gasteiger partial charge in [0.25, 0.3) is 0 Å². The minimum Gasteiger partial charge on any atom is -0.481 e. The van der Waals surface area contributed by atoms with Crippen LogP contribution in [0, 0.1) is 5.82 Å². The maximum Gasteiger partial charge on any atom is 0.319 e. The van der Waals surface area contributed by atoms with E-state index in [1.807, 2.05) is 0 Å². The largest absolute Gasteiger partial charge is 0.481 e. The van der Waals surface area contributed by atoms with Crippen molar-refractivity contribution in [3.63, 3.8) is 0 Å². The van der Waals surface area contributed by atoms with Gasteiger partial charge < -0.3 is 15.4 Å². The summed E-state index contributed by atoms with van der Waals surface area (Å²) in [5.74, 6) is 0.142. The Kier molecular flexibility index (Phi) is 4.49. The molecule has 0 aliphatic carbocycles. The van der Waals surface area contributed by atoms with Crippen LogP contribution in [-0.2, 0) is 6.54 Å². The highest BCUT2D eigenvalue weighted by atomic mass is 19.1. The molecule has 0 aliphatic heterocycles. The molecule has 2 rings (SSSR count). The second kappa shape index (κ2) is 6.51. The number of hydrogen-bond acceptors (Lipinski definition) is 3. The maximum atomic E-state index is 12.7. The second-order valence-corrected chi connectivity index (χ2v) is 4.02. The lowest BCUT2D eigenvalue weighted by Crippen LogP contribution is -2.28. The Morgan fingerprint density at radius 3 is 2.75 bits per heavy atom. The Morgan fingerprint density at radius 2 is 2.05 bits per heavy atom. The molecule has 2 N–H and O–H groups in total. The molecular formula is C14H14FN3O2. The molecule has 0 fully saturated rings. The quantitative estimate of drug-likeness (QED) is 0.901. The summed E-state index contributed by atoms with van der Waals surface area (Å²) in [6.45, 7) is 0.339. The number of urea groups is 1. The zero-order valence-electron chi connectivity index (χ0n) is 10.9. The number of carbonyl (C=O) groups is 1. The van der Waals surface area contributed by atoms with Crippen molar-refractivity contribution >= 4 is 11.7 Å². The number of rotatable bonds is 4. The van der Waals surface area contributed by atoms with Crippen LogP contribution in [0.25, 0.3) is 0 Å². The van der Waals surface area contributed by atoms with Crippen molar-refractivity contribution < 1.29 is 13.9 Å². The minimum absolute atomic E-state index is 0.339. The number of halogens is 1. The van der Waals surface area contributed by atoms with Crippen molar-refractivity contribution in [2.75, 3.05) is 12.4 Å². The van der Waals surface area contributed by atoms with E-state index in [-0.39, 0.29) is 11.8 Å². The third kappa shape index (κ3) is 3.94. The molecule has 1 heterocycles. The van der Waals surface area contributed by atoms with Crippen molar-refractivity contribution in [2.24, 2.45) is 0 Å². The molecule has 0 bridgehead atoms. The Bertz CT molecular complexity index is 587. The van der Waals surface area contributed by atoms with Gasteiger partial charge in [0, 0.05) is 24.5 Å². The average Bonchev–Trinajstić information content (AvgIpc) is 2.48. The first-order chi connectivity index (χ1) is 9.67. The number of pyridine rings is 1. The van der Waals surface area contributed by atoms with Crippen molar-refractivity contribution in [2.45, 2.75) is 6.54 Å². The number of aromatic nitrogens is 1. The fourth-order valence-corrected chi connectivity index (χ4v) is 1.56. The van der Waals surface area contributed by atoms with Gasteiger partial charge in [0.2, 0.25) is 5.88 Å². The highest BCUT2D eigenvalue weighted by Crippen LogP contribution is 2.09. The summed E-state index contributed by atoms with van der Waals surface area (Å²) in [5, 5.41) is 5.29. The van der Waals surface area contributed by atoms with Gasteiger partial charge >= 0.3 is 6.03 Å². The molecule has 2 amide bonds. The summed E-state index contributed by atoms with van der Waals surface area (Å²) in [5.41, 5.74) is 1.39. The predicted octanol–water partition coefficient (Wildman–Crippen LogP) is 2.55. The van der Waals surface area contributed by atoms with Gasteiger partial charge in [0.05, 0.1) is 7.11 Å². The molecule has 0 atom stereocenters. The third-order valence-corrected chi connectivity index (χ3v) is 2.56. The standard InChI is InChI=1S/C14H14FN3O2/c1-20-13-8-10(6-7-16-13)9-17-14(19)18-12-4-2-11(15)3-5-12/h2-8H,9H2,1H3,(H2,17,18,19). The number of nitrogens with zero attached hydrogens (tertiary/aromatic N) is 1. The van der Waals surface area contributed by atoms with E-state index in [9.17, 15) is 9.18 Å². The molecule has 1 aromatic heterocycles. The number of amides is 2. The molecular weight excluding hydrogens is 261 g/mol. The number of carbonyl (C=O) groups excluding carboxylic acids is 1. The molecule has 1 aromatic carbocycles. The first-order valence-electron chi connectivity index (χ1n) is 5.97. The number of nitrogens with one attached hydrogen (secondary N) is 2. The Morgan fingerprint density at radius 1 is 1.30 bits per heavy atom. The van der Waals surface area contributed by atoms with Crippen LogP contribution in [0.15, 0.2) is 42.6 Å². The minimum atomic E-state index is -0.368. The van der Waals surface area contributed by atoms with Crippen LogP contribution in [0.1, 0.15) is 5.56 Å². The Hall–Kier alpha value is -2.63. The topological polar surface area (TPSA) is 63.2 Å². The molecule has 0 radical (unpaired) electrons. The van der Waals surface area contributed by atoms with Crippen LogP contribution in [0.4, 0.5) is 14.9 Å². The van der Waals surface area contributed by atoms with Gasteiger partial charge in [-0.2, -0.15) is 0 Å². The highest BCUT2D eigenvalue weighted by Gasteiger charge is 2.03. The number of methoxy groups -OCH3 is 1. The van der Waals surface area contributed by atoms with Gasteiger partial charge in [0.15, 0.2) is 0 Å². The van der Waals surface area contributed by atoms with Crippen LogP contribution in [-0.4, -0.2) is 18.1 Å². The molecule has 0 unspecified atom stereocenters. The van der Waals surface area contributed by atoms with Gasteiger partial charge in [-0.15, -0.1) is 0 Å². The van der Waals surface area contributed by atoms with Crippen LogP contribution >= 0.6 is 0 Å². The molecule has 0 spiro atoms. The molecule has 0 saturated carbocycles. The van der Waals surface area contributed by atoms with Gasteiger partial charge in [-0.3, -0.25) is 0 Å². The lowest BCUT2D eigenvalue weighted by atomic mass is 10.2. The van der Waals surface area contributed by atoms with Crippen molar-refractivity contribution in [1.82, 2.24) is 10.3 Å². The molecule has 0 saturated heterocycles. The summed E-state index contributed by atoms with van der Waals surface area (Å²) in [4.78, 5) is 15.6. The number of ether oxygens (including phenoxy) is 1. The number of hydrogen-bond donors (Lipinski definition) is 2. The lowest BCUT2D eigenvalue weighted by Gasteiger charge is -2.08. The summed E-state index contributed by atoms with van der Waals surface area (Å²) in [7, 11) is 1.53. The van der Waals surface area contributed by atoms with Crippen LogP contribution in [0.3, 0.4) is 0 Å². The Balaban J connectivity index is 1.87. The molecule has 5 nitrogen and oxygen atoms in total. The lowest BCUT2D eigenvalue weighted by molar-refractivity contribution is 0.251. The summed E-state index contributed by atoms with van der Waals surface area (Å²) < 4.78 is 17.7. The van der Waals surface area contributed by atoms with Crippen molar-refractivity contribution in [3.05, 3.63) is 54.0 Å². The summed E-state index contributed by atoms with van der Waals surface area (Å²) in [6.07, 6.45) is 1.60. The SMILES string of the molecule is COc1cc(CNC(=O)Nc2ccc(F)cc2)ccn1. The fourth-order valence-electron chi connectivity index (χ4n) is 1.56. The first kappa shape index (κ1) is 13.8. The second-order valence-electron chi connectivity index (χ2n) is 4.02. The Labute approximate surface area is 115 Å². The van der Waals surface area contributed by atoms with E-state index in [0.29, 0.717) is 18.1 Å². The zero-order valence-corrected chi connectivity index (χ0v) is 10.9. The summed E-state index contributed by atoms with van der Waals surface area (Å²) in [6, 6.07) is 8.69. The van der Waals surface area contributed by atoms with Crippen molar-refractivity contribution in [1.29, 1.82) is 0 Å². The summed E-state index contributed by atoms with van der Waals surface area (Å²) >= 11 is 0. The van der Waals surface area contributed by atoms with E-state index in [0.717, 1.165) is 5.56 Å². The van der Waals surface area contributed by atoms with Gasteiger partial charge in [-0.1, -0.05) is 0 Å². The zero-order chi connectivity index (χ0) is 14.4. The van der Waals surface area contributed by atoms with E-state index >= 15 is 0 Å². The van der Waals surface area contributed by atoms with Crippen LogP contribution in [0.2, 0.25) is 0 Å². The van der Waals surface area contributed by atoms with E-state index in [1.54, 1.807) is 18.3 Å². The van der Waals surface area contributed by atoms with Crippen LogP contribution < -0.4 is 15.4 Å². The molecule has 2 aromatic rings.